The number of hydrogen-bond donors (Lipinski definition) is 1. The molecule has 0 amide bonds. The van der Waals surface area contributed by atoms with Gasteiger partial charge in [0.15, 0.2) is 0 Å². The third-order valence-electron chi connectivity index (χ3n) is 6.73. The Balaban J connectivity index is 1.38. The number of nitrogens with zero attached hydrogens (tertiary/aromatic N) is 3. The van der Waals surface area contributed by atoms with Gasteiger partial charge in [0.05, 0.1) is 24.6 Å². The summed E-state index contributed by atoms with van der Waals surface area (Å²) in [6, 6.07) is 25.1. The average molecular weight is 544 g/mol. The lowest BCUT2D eigenvalue weighted by atomic mass is 10.1. The first-order valence-electron chi connectivity index (χ1n) is 13.4. The van der Waals surface area contributed by atoms with Gasteiger partial charge in [-0.05, 0) is 48.7 Å². The van der Waals surface area contributed by atoms with Crippen LogP contribution in [0.3, 0.4) is 0 Å². The topological polar surface area (TPSA) is 85.9 Å². The monoisotopic (exact) mass is 543 g/mol. The van der Waals surface area contributed by atoms with Gasteiger partial charge in [0.1, 0.15) is 18.5 Å². The van der Waals surface area contributed by atoms with Gasteiger partial charge in [0, 0.05) is 31.9 Å². The molecule has 3 aromatic carbocycles. The predicted molar refractivity (Wildman–Crippen MR) is 157 cm³/mol. The Bertz CT molecular complexity index is 1470. The molecule has 0 spiro atoms. The number of aliphatic hydroxyl groups is 1. The molecular formula is C32H37N3O5. The number of ether oxygens (including phenoxy) is 2. The number of methoxy groups -OCH3 is 1. The zero-order valence-corrected chi connectivity index (χ0v) is 23.2. The van der Waals surface area contributed by atoms with Gasteiger partial charge in [-0.2, -0.15) is 0 Å². The summed E-state index contributed by atoms with van der Waals surface area (Å²) >= 11 is 0. The minimum absolute atomic E-state index is 0.0886. The van der Waals surface area contributed by atoms with E-state index in [2.05, 4.69) is 23.6 Å². The highest BCUT2D eigenvalue weighted by molar-refractivity contribution is 5.79. The molecular weight excluding hydrogens is 506 g/mol. The average Bonchev–Trinajstić information content (AvgIpc) is 3.24. The first kappa shape index (κ1) is 28.9. The molecule has 1 N–H and O–H groups in total. The second kappa shape index (κ2) is 13.8. The predicted octanol–water partition coefficient (Wildman–Crippen LogP) is 4.34. The second-order valence-corrected chi connectivity index (χ2v) is 9.93. The lowest BCUT2D eigenvalue weighted by Gasteiger charge is -2.25. The highest BCUT2D eigenvalue weighted by Gasteiger charge is 2.16. The molecule has 8 nitrogen and oxygen atoms in total. The maximum Gasteiger partial charge on any atom is 0.333 e. The van der Waals surface area contributed by atoms with Crippen LogP contribution in [0, 0.1) is 0 Å². The molecule has 0 radical (unpaired) electrons. The van der Waals surface area contributed by atoms with E-state index in [0.29, 0.717) is 37.6 Å². The third kappa shape index (κ3) is 7.49. The molecule has 0 aliphatic carbocycles. The maximum atomic E-state index is 13.2. The Morgan fingerprint density at radius 2 is 1.65 bits per heavy atom. The van der Waals surface area contributed by atoms with Crippen LogP contribution in [0.25, 0.3) is 16.7 Å². The van der Waals surface area contributed by atoms with Gasteiger partial charge in [-0.1, -0.05) is 61.2 Å². The molecule has 4 aromatic rings. The molecule has 0 saturated carbocycles. The zero-order chi connectivity index (χ0) is 28.5. The van der Waals surface area contributed by atoms with Crippen LogP contribution < -0.4 is 10.4 Å². The number of esters is 1. The van der Waals surface area contributed by atoms with E-state index >= 15 is 0 Å². The van der Waals surface area contributed by atoms with E-state index in [9.17, 15) is 14.7 Å². The quantitative estimate of drug-likeness (QED) is 0.238. The molecule has 4 rings (SSSR count). The standard InChI is InChI=1S/C32H37N3O5/c1-24(2)35-30-13-8-7-12-29(30)34(32(35)38)19-9-18-33(21-26-10-5-4-6-11-26)22-27(36)23-40-28-16-14-25(15-17-28)20-31(37)39-3/h4-8,10-17,27,36H,1,9,18-23H2,2-3H3. The fourth-order valence-electron chi connectivity index (χ4n) is 4.81. The van der Waals surface area contributed by atoms with Crippen molar-refractivity contribution >= 4 is 22.7 Å². The van der Waals surface area contributed by atoms with E-state index in [1.54, 1.807) is 21.3 Å². The largest absolute Gasteiger partial charge is 0.491 e. The van der Waals surface area contributed by atoms with E-state index in [1.165, 1.54) is 7.11 Å². The van der Waals surface area contributed by atoms with Crippen molar-refractivity contribution in [3.05, 3.63) is 107 Å². The molecule has 8 heteroatoms. The van der Waals surface area contributed by atoms with E-state index < -0.39 is 6.10 Å². The summed E-state index contributed by atoms with van der Waals surface area (Å²) in [6.07, 6.45) is 0.214. The Morgan fingerprint density at radius 3 is 2.33 bits per heavy atom. The molecule has 40 heavy (non-hydrogen) atoms. The number of aromatic nitrogens is 2. The van der Waals surface area contributed by atoms with Crippen LogP contribution >= 0.6 is 0 Å². The molecule has 1 aromatic heterocycles. The van der Waals surface area contributed by atoms with Crippen molar-refractivity contribution in [2.45, 2.75) is 39.0 Å². The Labute approximate surface area is 234 Å². The first-order chi connectivity index (χ1) is 19.4. The summed E-state index contributed by atoms with van der Waals surface area (Å²) in [5.41, 5.74) is 4.32. The van der Waals surface area contributed by atoms with Gasteiger partial charge in [0.25, 0.3) is 0 Å². The number of rotatable bonds is 14. The Morgan fingerprint density at radius 1 is 0.975 bits per heavy atom. The van der Waals surface area contributed by atoms with Crippen molar-refractivity contribution in [1.29, 1.82) is 0 Å². The fraction of sp³-hybridized carbons (Fsp3) is 0.312. The van der Waals surface area contributed by atoms with Gasteiger partial charge in [-0.25, -0.2) is 4.79 Å². The minimum Gasteiger partial charge on any atom is -0.491 e. The number of aliphatic hydroxyl groups excluding tert-OH is 1. The molecule has 1 heterocycles. The van der Waals surface area contributed by atoms with Crippen molar-refractivity contribution < 1.29 is 19.4 Å². The summed E-state index contributed by atoms with van der Waals surface area (Å²) in [6.45, 7) is 8.27. The molecule has 0 fully saturated rings. The van der Waals surface area contributed by atoms with Crippen LogP contribution in [0.15, 0.2) is 90.2 Å². The van der Waals surface area contributed by atoms with Gasteiger partial charge in [-0.3, -0.25) is 18.8 Å². The second-order valence-electron chi connectivity index (χ2n) is 9.93. The van der Waals surface area contributed by atoms with E-state index in [0.717, 1.165) is 28.6 Å². The zero-order valence-electron chi connectivity index (χ0n) is 23.2. The van der Waals surface area contributed by atoms with Crippen molar-refractivity contribution in [3.63, 3.8) is 0 Å². The van der Waals surface area contributed by atoms with Crippen LogP contribution in [0.1, 0.15) is 24.5 Å². The molecule has 1 unspecified atom stereocenters. The van der Waals surface area contributed by atoms with E-state index in [4.69, 9.17) is 9.47 Å². The van der Waals surface area contributed by atoms with Gasteiger partial charge >= 0.3 is 11.7 Å². The summed E-state index contributed by atoms with van der Waals surface area (Å²) in [5, 5.41) is 10.8. The summed E-state index contributed by atoms with van der Waals surface area (Å²) < 4.78 is 14.0. The minimum atomic E-state index is -0.716. The van der Waals surface area contributed by atoms with Crippen LogP contribution in [0.5, 0.6) is 5.75 Å². The normalized spacial score (nSPS) is 12.0. The van der Waals surface area contributed by atoms with E-state index in [1.807, 2.05) is 61.5 Å². The molecule has 0 saturated heterocycles. The summed E-state index contributed by atoms with van der Waals surface area (Å²) in [7, 11) is 1.37. The van der Waals surface area contributed by atoms with Crippen molar-refractivity contribution in [2.75, 3.05) is 26.8 Å². The SMILES string of the molecule is C=C(C)n1c(=O)n(CCCN(Cc2ccccc2)CC(O)COc2ccc(CC(=O)OC)cc2)c2ccccc21. The van der Waals surface area contributed by atoms with Crippen LogP contribution in [-0.2, 0) is 29.0 Å². The molecule has 210 valence electrons. The van der Waals surface area contributed by atoms with Crippen molar-refractivity contribution in [2.24, 2.45) is 0 Å². The van der Waals surface area contributed by atoms with Crippen LogP contribution in [0.2, 0.25) is 0 Å². The van der Waals surface area contributed by atoms with Gasteiger partial charge in [-0.15, -0.1) is 0 Å². The number of para-hydroxylation sites is 2. The first-order valence-corrected chi connectivity index (χ1v) is 13.4. The number of fused-ring (bicyclic) bond motifs is 1. The Hall–Kier alpha value is -4.14. The van der Waals surface area contributed by atoms with E-state index in [-0.39, 0.29) is 24.7 Å². The lowest BCUT2D eigenvalue weighted by molar-refractivity contribution is -0.139. The Kier molecular flexibility index (Phi) is 9.94. The van der Waals surface area contributed by atoms with Crippen LogP contribution in [-0.4, -0.2) is 58.0 Å². The lowest BCUT2D eigenvalue weighted by Crippen LogP contribution is -2.36. The highest BCUT2D eigenvalue weighted by atomic mass is 16.5. The van der Waals surface area contributed by atoms with Crippen LogP contribution in [0.4, 0.5) is 0 Å². The van der Waals surface area contributed by atoms with Crippen molar-refractivity contribution in [3.8, 4) is 5.75 Å². The van der Waals surface area contributed by atoms with Gasteiger partial charge in [0.2, 0.25) is 0 Å². The number of benzene rings is 3. The number of imidazole rings is 1. The third-order valence-corrected chi connectivity index (χ3v) is 6.73. The number of carbonyl (C=O) groups excluding carboxylic acids is 1. The molecule has 1 atom stereocenters. The van der Waals surface area contributed by atoms with Crippen molar-refractivity contribution in [1.82, 2.24) is 14.0 Å². The fourth-order valence-corrected chi connectivity index (χ4v) is 4.81. The molecule has 0 aliphatic rings. The summed E-state index contributed by atoms with van der Waals surface area (Å²) in [4.78, 5) is 26.8. The molecule has 0 aliphatic heterocycles. The van der Waals surface area contributed by atoms with Gasteiger partial charge < -0.3 is 14.6 Å². The maximum absolute atomic E-state index is 13.2. The smallest absolute Gasteiger partial charge is 0.333 e. The number of hydrogen-bond acceptors (Lipinski definition) is 6. The number of allylic oxidation sites excluding steroid dienone is 1. The molecule has 0 bridgehead atoms. The number of aryl methyl sites for hydroxylation is 1. The summed E-state index contributed by atoms with van der Waals surface area (Å²) in [5.74, 6) is 0.324. The number of carbonyl (C=O) groups is 1. The highest BCUT2D eigenvalue weighted by Crippen LogP contribution is 2.17.